The van der Waals surface area contributed by atoms with Gasteiger partial charge in [-0.15, -0.1) is 0 Å². The van der Waals surface area contributed by atoms with Crippen molar-refractivity contribution in [1.29, 1.82) is 0 Å². The highest BCUT2D eigenvalue weighted by molar-refractivity contribution is 5.93. The number of nitrogens with zero attached hydrogens (tertiary/aromatic N) is 1. The van der Waals surface area contributed by atoms with Gasteiger partial charge in [0.1, 0.15) is 5.82 Å². The van der Waals surface area contributed by atoms with Crippen molar-refractivity contribution in [2.75, 3.05) is 13.2 Å². The van der Waals surface area contributed by atoms with E-state index >= 15 is 0 Å². The van der Waals surface area contributed by atoms with E-state index in [1.807, 2.05) is 0 Å². The number of fused-ring (bicyclic) bond motifs is 1. The maximum Gasteiger partial charge on any atom is 0.274 e. The van der Waals surface area contributed by atoms with E-state index in [1.165, 1.54) is 18.9 Å². The van der Waals surface area contributed by atoms with Gasteiger partial charge < -0.3 is 4.74 Å². The summed E-state index contributed by atoms with van der Waals surface area (Å²) in [5.74, 6) is -1.01. The summed E-state index contributed by atoms with van der Waals surface area (Å²) in [6, 6.07) is 3.83. The monoisotopic (exact) mass is 362 g/mol. The van der Waals surface area contributed by atoms with Crippen LogP contribution in [0.5, 0.6) is 0 Å². The molecule has 26 heavy (non-hydrogen) atoms. The van der Waals surface area contributed by atoms with E-state index in [0.29, 0.717) is 30.5 Å². The molecule has 1 saturated heterocycles. The van der Waals surface area contributed by atoms with Crippen LogP contribution in [0.2, 0.25) is 0 Å². The molecule has 4 rings (SSSR count). The quantitative estimate of drug-likeness (QED) is 0.641. The van der Waals surface area contributed by atoms with Crippen LogP contribution < -0.4 is 5.48 Å². The van der Waals surface area contributed by atoms with Crippen LogP contribution >= 0.6 is 0 Å². The molecule has 142 valence electrons. The van der Waals surface area contributed by atoms with E-state index in [1.54, 1.807) is 11.5 Å². The van der Waals surface area contributed by atoms with E-state index in [2.05, 4.69) is 11.8 Å². The number of amides is 1. The van der Waals surface area contributed by atoms with E-state index in [9.17, 15) is 9.18 Å². The molecule has 1 aromatic rings. The van der Waals surface area contributed by atoms with Gasteiger partial charge in [0.15, 0.2) is 0 Å². The van der Waals surface area contributed by atoms with Gasteiger partial charge in [0.05, 0.1) is 0 Å². The largest absolute Gasteiger partial charge is 0.381 e. The van der Waals surface area contributed by atoms with E-state index in [4.69, 9.17) is 9.94 Å². The molecule has 1 atom stereocenters. The first-order valence-corrected chi connectivity index (χ1v) is 9.64. The summed E-state index contributed by atoms with van der Waals surface area (Å²) in [6.07, 6.45) is 6.37. The maximum absolute atomic E-state index is 14.6. The number of hydrogen-bond donors (Lipinski definition) is 2. The van der Waals surface area contributed by atoms with Crippen LogP contribution in [-0.4, -0.2) is 41.3 Å². The Hall–Kier alpha value is -1.50. The summed E-state index contributed by atoms with van der Waals surface area (Å²) in [5.41, 5.74) is 3.82. The first-order valence-electron chi connectivity index (χ1n) is 9.64. The van der Waals surface area contributed by atoms with Crippen molar-refractivity contribution in [3.8, 4) is 0 Å². The highest BCUT2D eigenvalue weighted by Crippen LogP contribution is 2.52. The normalized spacial score (nSPS) is 25.6. The Balaban J connectivity index is 1.55. The number of carbonyl (C=O) groups excluding carboxylic acids is 1. The number of ether oxygens (including phenoxy) is 1. The van der Waals surface area contributed by atoms with E-state index in [-0.39, 0.29) is 11.4 Å². The number of hydrogen-bond acceptors (Lipinski definition) is 4. The molecule has 1 spiro atoms. The van der Waals surface area contributed by atoms with Crippen molar-refractivity contribution in [3.05, 3.63) is 34.6 Å². The zero-order chi connectivity index (χ0) is 18.3. The molecule has 0 aromatic heterocycles. The summed E-state index contributed by atoms with van der Waals surface area (Å²) in [5, 5.41) is 8.85. The average Bonchev–Trinajstić information content (AvgIpc) is 2.65. The fourth-order valence-corrected chi connectivity index (χ4v) is 5.13. The lowest BCUT2D eigenvalue weighted by molar-refractivity contribution is -0.0901. The first kappa shape index (κ1) is 17.9. The van der Waals surface area contributed by atoms with Crippen LogP contribution in [0.4, 0.5) is 4.39 Å². The Morgan fingerprint density at radius 2 is 2.12 bits per heavy atom. The van der Waals surface area contributed by atoms with Crippen LogP contribution in [-0.2, 0) is 17.7 Å². The third-order valence-corrected chi connectivity index (χ3v) is 6.74. The fourth-order valence-electron chi connectivity index (χ4n) is 5.13. The van der Waals surface area contributed by atoms with E-state index in [0.717, 1.165) is 43.6 Å². The van der Waals surface area contributed by atoms with Crippen molar-refractivity contribution >= 4 is 5.91 Å². The number of benzene rings is 1. The predicted molar refractivity (Wildman–Crippen MR) is 94.5 cm³/mol. The van der Waals surface area contributed by atoms with Crippen molar-refractivity contribution in [2.24, 2.45) is 5.41 Å². The van der Waals surface area contributed by atoms with Crippen molar-refractivity contribution in [3.63, 3.8) is 0 Å². The van der Waals surface area contributed by atoms with Gasteiger partial charge in [0.2, 0.25) is 0 Å². The van der Waals surface area contributed by atoms with Crippen molar-refractivity contribution in [2.45, 2.75) is 64.1 Å². The second-order valence-electron chi connectivity index (χ2n) is 8.15. The van der Waals surface area contributed by atoms with Crippen LogP contribution in [0.25, 0.3) is 0 Å². The minimum atomic E-state index is -0.666. The molecular formula is C20H27FN2O3. The molecule has 0 bridgehead atoms. The molecule has 1 aromatic carbocycles. The summed E-state index contributed by atoms with van der Waals surface area (Å²) in [4.78, 5) is 14.2. The van der Waals surface area contributed by atoms with Crippen LogP contribution in [0.3, 0.4) is 0 Å². The Bertz CT molecular complexity index is 695. The van der Waals surface area contributed by atoms with Crippen LogP contribution in [0.1, 0.15) is 60.5 Å². The topological polar surface area (TPSA) is 61.8 Å². The van der Waals surface area contributed by atoms with Gasteiger partial charge in [0.25, 0.3) is 5.91 Å². The minimum absolute atomic E-state index is 0.174. The second-order valence-corrected chi connectivity index (χ2v) is 8.15. The maximum atomic E-state index is 14.6. The molecule has 5 nitrogen and oxygen atoms in total. The lowest BCUT2D eigenvalue weighted by Crippen LogP contribution is -2.57. The first-order chi connectivity index (χ1) is 12.5. The van der Waals surface area contributed by atoms with Crippen molar-refractivity contribution < 1.29 is 19.1 Å². The molecular weight excluding hydrogens is 335 g/mol. The second kappa shape index (κ2) is 6.91. The minimum Gasteiger partial charge on any atom is -0.381 e. The summed E-state index contributed by atoms with van der Waals surface area (Å²) < 4.78 is 20.1. The lowest BCUT2D eigenvalue weighted by atomic mass is 9.60. The Morgan fingerprint density at radius 1 is 1.38 bits per heavy atom. The molecule has 2 heterocycles. The SMILES string of the molecule is CC[C@@H]1Cc2c(F)cc(C(=O)NO)cc2CN1C1CC2(CCOCC2)C1. The smallest absolute Gasteiger partial charge is 0.274 e. The van der Waals surface area contributed by atoms with Gasteiger partial charge in [-0.2, -0.15) is 0 Å². The number of halogens is 1. The standard InChI is InChI=1S/C20H27FN2O3/c1-2-15-9-17-14(7-13(8-18(17)21)19(24)22-25)12-23(15)16-10-20(11-16)3-5-26-6-4-20/h7-8,15-16,25H,2-6,9-12H2,1H3,(H,22,24)/t15-/m1/s1. The highest BCUT2D eigenvalue weighted by Gasteiger charge is 2.48. The lowest BCUT2D eigenvalue weighted by Gasteiger charge is -2.56. The number of nitrogens with one attached hydrogen (secondary N) is 1. The summed E-state index contributed by atoms with van der Waals surface area (Å²) in [6.45, 7) is 4.58. The summed E-state index contributed by atoms with van der Waals surface area (Å²) in [7, 11) is 0. The molecule has 6 heteroatoms. The molecule has 1 saturated carbocycles. The molecule has 1 aliphatic carbocycles. The Labute approximate surface area is 153 Å². The van der Waals surface area contributed by atoms with Gasteiger partial charge in [-0.05, 0) is 67.2 Å². The molecule has 2 N–H and O–H groups in total. The van der Waals surface area contributed by atoms with Gasteiger partial charge >= 0.3 is 0 Å². The van der Waals surface area contributed by atoms with Gasteiger partial charge in [-0.1, -0.05) is 6.92 Å². The molecule has 1 amide bonds. The Morgan fingerprint density at radius 3 is 2.77 bits per heavy atom. The van der Waals surface area contributed by atoms with Gasteiger partial charge in [-0.3, -0.25) is 14.9 Å². The number of rotatable bonds is 3. The molecule has 2 fully saturated rings. The summed E-state index contributed by atoms with van der Waals surface area (Å²) >= 11 is 0. The third-order valence-electron chi connectivity index (χ3n) is 6.74. The average molecular weight is 362 g/mol. The van der Waals surface area contributed by atoms with Gasteiger partial charge in [0, 0.05) is 37.4 Å². The Kier molecular flexibility index (Phi) is 4.75. The number of hydroxylamine groups is 1. The predicted octanol–water partition coefficient (Wildman–Crippen LogP) is 3.04. The molecule has 3 aliphatic rings. The van der Waals surface area contributed by atoms with Crippen LogP contribution in [0.15, 0.2) is 12.1 Å². The number of carbonyl (C=O) groups is 1. The zero-order valence-corrected chi connectivity index (χ0v) is 15.3. The third kappa shape index (κ3) is 3.04. The highest BCUT2D eigenvalue weighted by atomic mass is 19.1. The zero-order valence-electron chi connectivity index (χ0n) is 15.3. The van der Waals surface area contributed by atoms with E-state index < -0.39 is 5.91 Å². The molecule has 2 aliphatic heterocycles. The molecule has 0 unspecified atom stereocenters. The van der Waals surface area contributed by atoms with Crippen molar-refractivity contribution in [1.82, 2.24) is 10.4 Å². The van der Waals surface area contributed by atoms with Gasteiger partial charge in [-0.25, -0.2) is 9.87 Å². The molecule has 0 radical (unpaired) electrons. The van der Waals surface area contributed by atoms with Crippen LogP contribution in [0, 0.1) is 11.2 Å². The fraction of sp³-hybridized carbons (Fsp3) is 0.650.